The van der Waals surface area contributed by atoms with E-state index >= 15 is 0 Å². The molecule has 0 aliphatic heterocycles. The zero-order chi connectivity index (χ0) is 8.48. The number of rotatable bonds is 1. The van der Waals surface area contributed by atoms with Crippen molar-refractivity contribution in [2.45, 2.75) is 46.1 Å². The molecule has 0 aromatic heterocycles. The van der Waals surface area contributed by atoms with Crippen LogP contribution in [0.1, 0.15) is 40.0 Å². The van der Waals surface area contributed by atoms with E-state index in [1.54, 1.807) is 0 Å². The van der Waals surface area contributed by atoms with Crippen LogP contribution in [0.5, 0.6) is 0 Å². The van der Waals surface area contributed by atoms with Crippen LogP contribution in [0.3, 0.4) is 0 Å². The lowest BCUT2D eigenvalue weighted by Crippen LogP contribution is -2.31. The summed E-state index contributed by atoms with van der Waals surface area (Å²) in [6.07, 6.45) is 3.29. The first-order valence-electron chi connectivity index (χ1n) is 4.34. The van der Waals surface area contributed by atoms with E-state index in [-0.39, 0.29) is 6.10 Å². The summed E-state index contributed by atoms with van der Waals surface area (Å²) < 4.78 is 0. The minimum atomic E-state index is 0.0637. The van der Waals surface area contributed by atoms with Gasteiger partial charge in [-0.3, -0.25) is 5.26 Å². The summed E-state index contributed by atoms with van der Waals surface area (Å²) in [6.45, 7) is 6.68. The van der Waals surface area contributed by atoms with Gasteiger partial charge in [0.05, 0.1) is 6.10 Å². The maximum atomic E-state index is 8.54. The van der Waals surface area contributed by atoms with Crippen molar-refractivity contribution in [1.29, 1.82) is 0 Å². The second-order valence-electron chi connectivity index (χ2n) is 4.64. The largest absolute Gasteiger partial charge is 0.252 e. The monoisotopic (exact) mass is 158 g/mol. The fourth-order valence-corrected chi connectivity index (χ4v) is 2.34. The van der Waals surface area contributed by atoms with Crippen molar-refractivity contribution in [3.8, 4) is 0 Å². The summed E-state index contributed by atoms with van der Waals surface area (Å²) in [5.74, 6) is 0.677. The Morgan fingerprint density at radius 2 is 2.00 bits per heavy atom. The van der Waals surface area contributed by atoms with Gasteiger partial charge >= 0.3 is 0 Å². The molecule has 0 aromatic rings. The molecule has 11 heavy (non-hydrogen) atoms. The first-order valence-corrected chi connectivity index (χ1v) is 4.34. The minimum Gasteiger partial charge on any atom is -0.252 e. The summed E-state index contributed by atoms with van der Waals surface area (Å²) in [4.78, 5) is 4.40. The van der Waals surface area contributed by atoms with Gasteiger partial charge in [0.15, 0.2) is 0 Å². The topological polar surface area (TPSA) is 29.5 Å². The highest BCUT2D eigenvalue weighted by Gasteiger charge is 2.32. The molecule has 2 nitrogen and oxygen atoms in total. The summed E-state index contributed by atoms with van der Waals surface area (Å²) in [7, 11) is 0. The van der Waals surface area contributed by atoms with Crippen LogP contribution in [-0.4, -0.2) is 11.4 Å². The Balaban J connectivity index is 2.51. The maximum absolute atomic E-state index is 8.54. The second-order valence-corrected chi connectivity index (χ2v) is 4.64. The molecule has 1 aliphatic rings. The van der Waals surface area contributed by atoms with E-state index in [0.29, 0.717) is 11.3 Å². The predicted molar refractivity (Wildman–Crippen MR) is 44.3 cm³/mol. The highest BCUT2D eigenvalue weighted by atomic mass is 17.1. The SMILES string of the molecule is CC1CC(OO)CC(C)(C)C1. The smallest absolute Gasteiger partial charge is 0.0935 e. The molecule has 66 valence electrons. The summed E-state index contributed by atoms with van der Waals surface area (Å²) in [6, 6.07) is 0. The van der Waals surface area contributed by atoms with Crippen molar-refractivity contribution < 1.29 is 10.1 Å². The highest BCUT2D eigenvalue weighted by Crippen LogP contribution is 2.39. The lowest BCUT2D eigenvalue weighted by atomic mass is 9.72. The average molecular weight is 158 g/mol. The molecular weight excluding hydrogens is 140 g/mol. The van der Waals surface area contributed by atoms with Gasteiger partial charge in [0, 0.05) is 0 Å². The molecule has 0 heterocycles. The van der Waals surface area contributed by atoms with Crippen LogP contribution in [0, 0.1) is 11.3 Å². The predicted octanol–water partition coefficient (Wildman–Crippen LogP) is 2.69. The van der Waals surface area contributed by atoms with E-state index < -0.39 is 0 Å². The molecule has 0 radical (unpaired) electrons. The van der Waals surface area contributed by atoms with Gasteiger partial charge in [-0.1, -0.05) is 20.8 Å². The normalized spacial score (nSPS) is 37.1. The van der Waals surface area contributed by atoms with Crippen molar-refractivity contribution in [2.75, 3.05) is 0 Å². The zero-order valence-corrected chi connectivity index (χ0v) is 7.63. The van der Waals surface area contributed by atoms with Gasteiger partial charge in [-0.05, 0) is 30.6 Å². The summed E-state index contributed by atoms with van der Waals surface area (Å²) in [5, 5.41) is 8.54. The molecule has 0 spiro atoms. The molecule has 1 rings (SSSR count). The van der Waals surface area contributed by atoms with E-state index in [2.05, 4.69) is 25.7 Å². The molecule has 2 unspecified atom stereocenters. The second kappa shape index (κ2) is 3.11. The Labute approximate surface area is 68.5 Å². The molecule has 1 aliphatic carbocycles. The van der Waals surface area contributed by atoms with Gasteiger partial charge in [-0.15, -0.1) is 0 Å². The van der Waals surface area contributed by atoms with Crippen molar-refractivity contribution in [2.24, 2.45) is 11.3 Å². The van der Waals surface area contributed by atoms with Crippen molar-refractivity contribution >= 4 is 0 Å². The standard InChI is InChI=1S/C9H18O2/c1-7-4-8(11-10)6-9(2,3)5-7/h7-8,10H,4-6H2,1-3H3. The number of hydrogen-bond donors (Lipinski definition) is 1. The van der Waals surface area contributed by atoms with E-state index in [1.165, 1.54) is 6.42 Å². The third-order valence-electron chi connectivity index (χ3n) is 2.50. The van der Waals surface area contributed by atoms with Crippen molar-refractivity contribution in [3.63, 3.8) is 0 Å². The summed E-state index contributed by atoms with van der Waals surface area (Å²) >= 11 is 0. The van der Waals surface area contributed by atoms with Crippen LogP contribution < -0.4 is 0 Å². The van der Waals surface area contributed by atoms with Gasteiger partial charge in [-0.25, -0.2) is 4.89 Å². The Kier molecular flexibility index (Phi) is 2.55. The van der Waals surface area contributed by atoms with Crippen LogP contribution >= 0.6 is 0 Å². The Morgan fingerprint density at radius 3 is 2.45 bits per heavy atom. The molecule has 1 fully saturated rings. The fourth-order valence-electron chi connectivity index (χ4n) is 2.34. The fraction of sp³-hybridized carbons (Fsp3) is 1.00. The van der Waals surface area contributed by atoms with Gasteiger partial charge < -0.3 is 0 Å². The highest BCUT2D eigenvalue weighted by molar-refractivity contribution is 4.82. The Morgan fingerprint density at radius 1 is 1.36 bits per heavy atom. The molecule has 0 saturated heterocycles. The van der Waals surface area contributed by atoms with Crippen LogP contribution in [0.4, 0.5) is 0 Å². The lowest BCUT2D eigenvalue weighted by Gasteiger charge is -2.37. The van der Waals surface area contributed by atoms with Crippen LogP contribution in [0.15, 0.2) is 0 Å². The van der Waals surface area contributed by atoms with Crippen molar-refractivity contribution in [1.82, 2.24) is 0 Å². The molecule has 0 bridgehead atoms. The van der Waals surface area contributed by atoms with E-state index in [1.807, 2.05) is 0 Å². The molecule has 2 atom stereocenters. The molecular formula is C9H18O2. The van der Waals surface area contributed by atoms with Gasteiger partial charge in [0.2, 0.25) is 0 Å². The van der Waals surface area contributed by atoms with Gasteiger partial charge in [0.25, 0.3) is 0 Å². The van der Waals surface area contributed by atoms with E-state index in [0.717, 1.165) is 12.8 Å². The van der Waals surface area contributed by atoms with Crippen molar-refractivity contribution in [3.05, 3.63) is 0 Å². The van der Waals surface area contributed by atoms with Gasteiger partial charge in [0.1, 0.15) is 0 Å². The minimum absolute atomic E-state index is 0.0637. The number of hydrogen-bond acceptors (Lipinski definition) is 2. The average Bonchev–Trinajstić information content (AvgIpc) is 1.83. The Bertz CT molecular complexity index is 132. The van der Waals surface area contributed by atoms with E-state index in [4.69, 9.17) is 5.26 Å². The molecule has 0 amide bonds. The maximum Gasteiger partial charge on any atom is 0.0935 e. The van der Waals surface area contributed by atoms with Crippen LogP contribution in [-0.2, 0) is 4.89 Å². The molecule has 1 saturated carbocycles. The quantitative estimate of drug-likeness (QED) is 0.469. The Hall–Kier alpha value is -0.0800. The third kappa shape index (κ3) is 2.46. The zero-order valence-electron chi connectivity index (χ0n) is 7.63. The van der Waals surface area contributed by atoms with Crippen LogP contribution in [0.25, 0.3) is 0 Å². The van der Waals surface area contributed by atoms with Crippen LogP contribution in [0.2, 0.25) is 0 Å². The molecule has 0 aromatic carbocycles. The molecule has 1 N–H and O–H groups in total. The summed E-state index contributed by atoms with van der Waals surface area (Å²) in [5.41, 5.74) is 0.338. The molecule has 2 heteroatoms. The first kappa shape index (κ1) is 9.01. The lowest BCUT2D eigenvalue weighted by molar-refractivity contribution is -0.292. The van der Waals surface area contributed by atoms with Gasteiger partial charge in [-0.2, -0.15) is 0 Å². The van der Waals surface area contributed by atoms with E-state index in [9.17, 15) is 0 Å². The first-order chi connectivity index (χ1) is 5.03. The third-order valence-corrected chi connectivity index (χ3v) is 2.50.